The fraction of sp³-hybridized carbons (Fsp3) is 0.545. The van der Waals surface area contributed by atoms with Gasteiger partial charge in [0.25, 0.3) is 0 Å². The van der Waals surface area contributed by atoms with Crippen LogP contribution in [0.3, 0.4) is 0 Å². The van der Waals surface area contributed by atoms with Crippen molar-refractivity contribution in [1.82, 2.24) is 4.98 Å². The molecule has 1 aromatic rings. The molecule has 1 aliphatic rings. The van der Waals surface area contributed by atoms with Crippen LogP contribution in [0.5, 0.6) is 0 Å². The number of rotatable bonds is 3. The molecule has 0 saturated heterocycles. The van der Waals surface area contributed by atoms with Crippen LogP contribution in [0.2, 0.25) is 0 Å². The van der Waals surface area contributed by atoms with Gasteiger partial charge in [-0.1, -0.05) is 0 Å². The van der Waals surface area contributed by atoms with Crippen molar-refractivity contribution in [3.05, 3.63) is 17.8 Å². The summed E-state index contributed by atoms with van der Waals surface area (Å²) >= 11 is 0. The zero-order valence-corrected chi connectivity index (χ0v) is 8.95. The lowest BCUT2D eigenvalue weighted by molar-refractivity contribution is 0.144. The molecule has 4 nitrogen and oxygen atoms in total. The summed E-state index contributed by atoms with van der Waals surface area (Å²) in [5, 5.41) is 12.6. The van der Waals surface area contributed by atoms with Gasteiger partial charge in [0.1, 0.15) is 5.82 Å². The Morgan fingerprint density at radius 3 is 2.80 bits per heavy atom. The number of aromatic nitrogens is 1. The van der Waals surface area contributed by atoms with E-state index in [1.807, 2.05) is 13.0 Å². The second-order valence-electron chi connectivity index (χ2n) is 4.34. The van der Waals surface area contributed by atoms with Crippen LogP contribution in [0.15, 0.2) is 12.3 Å². The Kier molecular flexibility index (Phi) is 2.52. The van der Waals surface area contributed by atoms with Crippen LogP contribution in [0.25, 0.3) is 0 Å². The van der Waals surface area contributed by atoms with E-state index in [4.69, 9.17) is 5.73 Å². The van der Waals surface area contributed by atoms with E-state index in [-0.39, 0.29) is 12.1 Å². The van der Waals surface area contributed by atoms with Crippen molar-refractivity contribution in [3.63, 3.8) is 0 Å². The van der Waals surface area contributed by atoms with Gasteiger partial charge < -0.3 is 16.2 Å². The van der Waals surface area contributed by atoms with Gasteiger partial charge in [-0.05, 0) is 37.8 Å². The second-order valence-corrected chi connectivity index (χ2v) is 4.34. The third-order valence-corrected chi connectivity index (χ3v) is 3.16. The van der Waals surface area contributed by atoms with Crippen molar-refractivity contribution in [3.8, 4) is 0 Å². The Morgan fingerprint density at radius 1 is 1.60 bits per heavy atom. The maximum atomic E-state index is 9.31. The molecule has 15 heavy (non-hydrogen) atoms. The molecule has 1 aliphatic carbocycles. The molecule has 4 N–H and O–H groups in total. The summed E-state index contributed by atoms with van der Waals surface area (Å²) in [6.07, 6.45) is 4.84. The molecule has 2 rings (SSSR count). The number of nitrogen functional groups attached to an aromatic ring is 1. The van der Waals surface area contributed by atoms with Crippen LogP contribution in [-0.2, 0) is 0 Å². The van der Waals surface area contributed by atoms with Gasteiger partial charge in [0.15, 0.2) is 0 Å². The zero-order chi connectivity index (χ0) is 10.9. The summed E-state index contributed by atoms with van der Waals surface area (Å²) < 4.78 is 0. The molecular formula is C11H17N3O. The van der Waals surface area contributed by atoms with Gasteiger partial charge in [0.05, 0.1) is 24.0 Å². The average Bonchev–Trinajstić information content (AvgIpc) is 2.17. The molecule has 0 spiro atoms. The average molecular weight is 207 g/mol. The van der Waals surface area contributed by atoms with Crippen molar-refractivity contribution in [2.75, 3.05) is 17.7 Å². The molecule has 1 aromatic heterocycles. The third kappa shape index (κ3) is 1.90. The summed E-state index contributed by atoms with van der Waals surface area (Å²) in [6.45, 7) is 2.12. The van der Waals surface area contributed by atoms with E-state index in [0.717, 1.165) is 24.2 Å². The minimum absolute atomic E-state index is 0.143. The Balaban J connectivity index is 2.13. The minimum Gasteiger partial charge on any atom is -0.397 e. The lowest BCUT2D eigenvalue weighted by atomic mass is 9.77. The fourth-order valence-electron chi connectivity index (χ4n) is 1.83. The topological polar surface area (TPSA) is 71.2 Å². The first-order valence-corrected chi connectivity index (χ1v) is 5.26. The van der Waals surface area contributed by atoms with Gasteiger partial charge in [-0.3, -0.25) is 0 Å². The number of hydrogen-bond acceptors (Lipinski definition) is 4. The number of aliphatic hydroxyl groups is 1. The van der Waals surface area contributed by atoms with Crippen LogP contribution in [0.4, 0.5) is 11.5 Å². The molecule has 1 saturated carbocycles. The predicted molar refractivity (Wildman–Crippen MR) is 60.7 cm³/mol. The van der Waals surface area contributed by atoms with E-state index in [9.17, 15) is 5.11 Å². The van der Waals surface area contributed by atoms with Crippen LogP contribution in [0, 0.1) is 6.92 Å². The number of aliphatic hydroxyl groups excluding tert-OH is 1. The highest BCUT2D eigenvalue weighted by molar-refractivity contribution is 5.52. The number of nitrogens with zero attached hydrogens (tertiary/aromatic N) is 1. The van der Waals surface area contributed by atoms with Crippen molar-refractivity contribution >= 4 is 11.5 Å². The number of nitrogens with one attached hydrogen (secondary N) is 1. The number of aryl methyl sites for hydroxylation is 1. The largest absolute Gasteiger partial charge is 0.397 e. The highest BCUT2D eigenvalue weighted by Gasteiger charge is 2.36. The van der Waals surface area contributed by atoms with Crippen LogP contribution < -0.4 is 11.1 Å². The Labute approximate surface area is 89.5 Å². The Morgan fingerprint density at radius 2 is 2.33 bits per heavy atom. The SMILES string of the molecule is Cc1cc(NC2(CO)CCC2)ncc1N. The molecule has 0 atom stereocenters. The van der Waals surface area contributed by atoms with Crippen LogP contribution in [0.1, 0.15) is 24.8 Å². The number of anilines is 2. The smallest absolute Gasteiger partial charge is 0.126 e. The van der Waals surface area contributed by atoms with E-state index in [2.05, 4.69) is 10.3 Å². The molecule has 0 aromatic carbocycles. The van der Waals surface area contributed by atoms with Crippen LogP contribution in [-0.4, -0.2) is 22.2 Å². The first-order valence-electron chi connectivity index (χ1n) is 5.26. The maximum absolute atomic E-state index is 9.31. The molecule has 0 unspecified atom stereocenters. The monoisotopic (exact) mass is 207 g/mol. The maximum Gasteiger partial charge on any atom is 0.126 e. The van der Waals surface area contributed by atoms with E-state index in [0.29, 0.717) is 5.69 Å². The molecular weight excluding hydrogens is 190 g/mol. The Bertz CT molecular complexity index is 355. The summed E-state index contributed by atoms with van der Waals surface area (Å²) in [6, 6.07) is 1.92. The predicted octanol–water partition coefficient (Wildman–Crippen LogP) is 1.30. The molecule has 1 fully saturated rings. The first kappa shape index (κ1) is 10.2. The van der Waals surface area contributed by atoms with Gasteiger partial charge in [0.2, 0.25) is 0 Å². The summed E-state index contributed by atoms with van der Waals surface area (Å²) in [4.78, 5) is 4.21. The molecule has 0 bridgehead atoms. The number of hydrogen-bond donors (Lipinski definition) is 3. The van der Waals surface area contributed by atoms with Gasteiger partial charge in [-0.2, -0.15) is 0 Å². The summed E-state index contributed by atoms with van der Waals surface area (Å²) in [5.41, 5.74) is 7.26. The van der Waals surface area contributed by atoms with Crippen molar-refractivity contribution in [2.45, 2.75) is 31.7 Å². The highest BCUT2D eigenvalue weighted by atomic mass is 16.3. The quantitative estimate of drug-likeness (QED) is 0.698. The molecule has 4 heteroatoms. The molecule has 0 aliphatic heterocycles. The van der Waals surface area contributed by atoms with E-state index < -0.39 is 0 Å². The second kappa shape index (κ2) is 3.70. The van der Waals surface area contributed by atoms with Crippen molar-refractivity contribution in [1.29, 1.82) is 0 Å². The lowest BCUT2D eigenvalue weighted by Gasteiger charge is -2.41. The minimum atomic E-state index is -0.143. The molecule has 0 radical (unpaired) electrons. The van der Waals surface area contributed by atoms with Crippen LogP contribution >= 0.6 is 0 Å². The zero-order valence-electron chi connectivity index (χ0n) is 8.95. The van der Waals surface area contributed by atoms with Gasteiger partial charge in [-0.15, -0.1) is 0 Å². The lowest BCUT2D eigenvalue weighted by Crippen LogP contribution is -2.48. The molecule has 0 amide bonds. The van der Waals surface area contributed by atoms with Crippen molar-refractivity contribution < 1.29 is 5.11 Å². The molecule has 1 heterocycles. The Hall–Kier alpha value is -1.29. The molecule has 82 valence electrons. The number of nitrogens with two attached hydrogens (primary N) is 1. The number of pyridine rings is 1. The van der Waals surface area contributed by atoms with E-state index in [1.165, 1.54) is 6.42 Å². The first-order chi connectivity index (χ1) is 7.15. The van der Waals surface area contributed by atoms with E-state index in [1.54, 1.807) is 6.20 Å². The summed E-state index contributed by atoms with van der Waals surface area (Å²) in [7, 11) is 0. The normalized spacial score (nSPS) is 18.3. The highest BCUT2D eigenvalue weighted by Crippen LogP contribution is 2.34. The summed E-state index contributed by atoms with van der Waals surface area (Å²) in [5.74, 6) is 0.801. The van der Waals surface area contributed by atoms with Gasteiger partial charge >= 0.3 is 0 Å². The standard InChI is InChI=1S/C11H17N3O/c1-8-5-10(13-6-9(8)12)14-11(7-15)3-2-4-11/h5-6,15H,2-4,7,12H2,1H3,(H,13,14). The third-order valence-electron chi connectivity index (χ3n) is 3.16. The fourth-order valence-corrected chi connectivity index (χ4v) is 1.83. The van der Waals surface area contributed by atoms with Gasteiger partial charge in [0, 0.05) is 0 Å². The van der Waals surface area contributed by atoms with Gasteiger partial charge in [-0.25, -0.2) is 4.98 Å². The van der Waals surface area contributed by atoms with E-state index >= 15 is 0 Å². The van der Waals surface area contributed by atoms with Crippen molar-refractivity contribution in [2.24, 2.45) is 0 Å².